The van der Waals surface area contributed by atoms with Crippen LogP contribution in [0.4, 0.5) is 27.6 Å². The first kappa shape index (κ1) is 15.2. The Morgan fingerprint density at radius 3 is 1.80 bits per heavy atom. The van der Waals surface area contributed by atoms with Crippen LogP contribution in [0.15, 0.2) is 11.5 Å². The number of aliphatic hydroxyl groups excluding tert-OH is 1. The van der Waals surface area contributed by atoms with Crippen LogP contribution >= 0.6 is 0 Å². The van der Waals surface area contributed by atoms with E-state index in [9.17, 15) is 31.9 Å². The number of primary amides is 1. The number of rotatable bonds is 3. The number of nitrogens with zero attached hydrogens (tertiary/aromatic N) is 1. The van der Waals surface area contributed by atoms with Gasteiger partial charge in [0.25, 0.3) is 5.91 Å². The molecule has 0 aliphatic rings. The van der Waals surface area contributed by atoms with Gasteiger partial charge in [0.05, 0.1) is 0 Å². The topological polar surface area (TPSA) is 99.1 Å². The molecule has 1 rings (SSSR count). The fourth-order valence-corrected chi connectivity index (χ4v) is 1.12. The summed E-state index contributed by atoms with van der Waals surface area (Å²) in [6.45, 7) is 0. The number of hydrogen-bond acceptors (Lipinski definition) is 4. The smallest absolute Gasteiger partial charge is 0.264 e. The lowest BCUT2D eigenvalue weighted by Crippen LogP contribution is -2.19. The van der Waals surface area contributed by atoms with Crippen LogP contribution in [0.3, 0.4) is 0 Å². The number of carbonyl (C=O) groups excluding carboxylic acids is 1. The average molecular weight is 293 g/mol. The lowest BCUT2D eigenvalue weighted by Gasteiger charge is -2.10. The number of nitrogens with one attached hydrogen (secondary N) is 1. The highest BCUT2D eigenvalue weighted by Crippen LogP contribution is 2.28. The van der Waals surface area contributed by atoms with Gasteiger partial charge in [-0.05, 0) is 0 Å². The van der Waals surface area contributed by atoms with Crippen LogP contribution < -0.4 is 11.1 Å². The van der Waals surface area contributed by atoms with Gasteiger partial charge in [0.1, 0.15) is 11.8 Å². The van der Waals surface area contributed by atoms with Crippen LogP contribution in [0.25, 0.3) is 0 Å². The van der Waals surface area contributed by atoms with Gasteiger partial charge in [-0.1, -0.05) is 0 Å². The van der Waals surface area contributed by atoms with Crippen LogP contribution in [0.1, 0.15) is 0 Å². The molecule has 0 fully saturated rings. The van der Waals surface area contributed by atoms with E-state index in [1.54, 1.807) is 0 Å². The molecule has 1 amide bonds. The minimum atomic E-state index is -2.40. The van der Waals surface area contributed by atoms with Gasteiger partial charge in [-0.15, -0.1) is 0 Å². The van der Waals surface area contributed by atoms with Crippen molar-refractivity contribution >= 4 is 11.6 Å². The minimum absolute atomic E-state index is 1.09. The molecule has 1 aromatic carbocycles. The molecule has 0 bridgehead atoms. The molecule has 4 N–H and O–H groups in total. The Morgan fingerprint density at radius 2 is 1.45 bits per heavy atom. The lowest BCUT2D eigenvalue weighted by molar-refractivity contribution is -0.114. The standard InChI is InChI=1S/C10H4F5N3O2/c11-3-4(12)6(14)8(7(15)5(3)13)18-10(20)2(1-16)9(17)19/h18,20H,(H2,17,19)/b10-2-. The highest BCUT2D eigenvalue weighted by atomic mass is 19.2. The van der Waals surface area contributed by atoms with Crippen molar-refractivity contribution in [1.29, 1.82) is 5.26 Å². The molecule has 20 heavy (non-hydrogen) atoms. The molecule has 0 aromatic heterocycles. The second-order valence-electron chi connectivity index (χ2n) is 3.27. The summed E-state index contributed by atoms with van der Waals surface area (Å²) in [4.78, 5) is 10.7. The predicted molar refractivity (Wildman–Crippen MR) is 54.3 cm³/mol. The number of nitrogens with two attached hydrogens (primary N) is 1. The van der Waals surface area contributed by atoms with Gasteiger partial charge >= 0.3 is 0 Å². The maximum absolute atomic E-state index is 13.2. The van der Waals surface area contributed by atoms with E-state index in [4.69, 9.17) is 5.26 Å². The van der Waals surface area contributed by atoms with Gasteiger partial charge in [0, 0.05) is 0 Å². The Hall–Kier alpha value is -2.83. The van der Waals surface area contributed by atoms with Crippen molar-refractivity contribution in [2.45, 2.75) is 0 Å². The summed E-state index contributed by atoms with van der Waals surface area (Å²) in [5.41, 5.74) is 1.86. The number of anilines is 1. The van der Waals surface area contributed by atoms with Gasteiger partial charge in [-0.2, -0.15) is 5.26 Å². The van der Waals surface area contributed by atoms with Gasteiger partial charge in [-0.3, -0.25) is 4.79 Å². The molecule has 106 valence electrons. The SMILES string of the molecule is N#C/C(C(N)=O)=C(/O)Nc1c(F)c(F)c(F)c(F)c1F. The molecule has 0 unspecified atom stereocenters. The fourth-order valence-electron chi connectivity index (χ4n) is 1.12. The first-order valence-electron chi connectivity index (χ1n) is 4.63. The zero-order valence-electron chi connectivity index (χ0n) is 9.27. The summed E-state index contributed by atoms with van der Waals surface area (Å²) in [5.74, 6) is -14.4. The maximum Gasteiger partial charge on any atom is 0.264 e. The van der Waals surface area contributed by atoms with E-state index in [1.807, 2.05) is 0 Å². The van der Waals surface area contributed by atoms with Crippen molar-refractivity contribution in [3.63, 3.8) is 0 Å². The number of halogens is 5. The summed E-state index contributed by atoms with van der Waals surface area (Å²) in [5, 5.41) is 19.0. The first-order valence-corrected chi connectivity index (χ1v) is 4.63. The monoisotopic (exact) mass is 293 g/mol. The summed E-state index contributed by atoms with van der Waals surface area (Å²) in [7, 11) is 0. The number of benzene rings is 1. The van der Waals surface area contributed by atoms with E-state index in [2.05, 4.69) is 5.73 Å². The van der Waals surface area contributed by atoms with Crippen molar-refractivity contribution < 1.29 is 31.9 Å². The molecule has 1 aromatic rings. The molecule has 0 heterocycles. The van der Waals surface area contributed by atoms with Crippen molar-refractivity contribution in [1.82, 2.24) is 0 Å². The third-order valence-electron chi connectivity index (χ3n) is 2.05. The normalized spacial score (nSPS) is 11.6. The Bertz CT molecular complexity index is 637. The van der Waals surface area contributed by atoms with E-state index < -0.39 is 52.1 Å². The summed E-state index contributed by atoms with van der Waals surface area (Å²) < 4.78 is 64.8. The summed E-state index contributed by atoms with van der Waals surface area (Å²) >= 11 is 0. The van der Waals surface area contributed by atoms with Crippen molar-refractivity contribution in [2.24, 2.45) is 5.73 Å². The maximum atomic E-state index is 13.2. The quantitative estimate of drug-likeness (QED) is 0.197. The van der Waals surface area contributed by atoms with Gasteiger partial charge in [0.15, 0.2) is 28.8 Å². The van der Waals surface area contributed by atoms with E-state index in [0.29, 0.717) is 0 Å². The molecule has 10 heteroatoms. The van der Waals surface area contributed by atoms with Crippen LogP contribution in [-0.2, 0) is 4.79 Å². The Kier molecular flexibility index (Phi) is 4.14. The van der Waals surface area contributed by atoms with Gasteiger partial charge in [0.2, 0.25) is 11.7 Å². The predicted octanol–water partition coefficient (Wildman–Crippen LogP) is 1.57. The third-order valence-corrected chi connectivity index (χ3v) is 2.05. The van der Waals surface area contributed by atoms with Crippen LogP contribution in [0.5, 0.6) is 0 Å². The van der Waals surface area contributed by atoms with Gasteiger partial charge < -0.3 is 16.2 Å². The first-order chi connectivity index (χ1) is 9.22. The van der Waals surface area contributed by atoms with Crippen LogP contribution in [-0.4, -0.2) is 11.0 Å². The lowest BCUT2D eigenvalue weighted by atomic mass is 10.2. The molecule has 0 aliphatic heterocycles. The number of amides is 1. The largest absolute Gasteiger partial charge is 0.493 e. The Balaban J connectivity index is 3.45. The molecule has 0 saturated heterocycles. The van der Waals surface area contributed by atoms with Gasteiger partial charge in [-0.25, -0.2) is 22.0 Å². The fraction of sp³-hybridized carbons (Fsp3) is 0. The molecular weight excluding hydrogens is 289 g/mol. The molecule has 0 radical (unpaired) electrons. The van der Waals surface area contributed by atoms with Crippen molar-refractivity contribution in [3.8, 4) is 6.07 Å². The molecule has 0 spiro atoms. The van der Waals surface area contributed by atoms with Crippen LogP contribution in [0.2, 0.25) is 0 Å². The van der Waals surface area contributed by atoms with Crippen molar-refractivity contribution in [3.05, 3.63) is 40.5 Å². The number of aliphatic hydroxyl groups is 1. The second kappa shape index (κ2) is 5.43. The average Bonchev–Trinajstić information content (AvgIpc) is 2.39. The number of nitriles is 1. The second-order valence-corrected chi connectivity index (χ2v) is 3.27. The third kappa shape index (κ3) is 2.46. The van der Waals surface area contributed by atoms with Crippen LogP contribution in [0, 0.1) is 40.4 Å². The number of hydrogen-bond donors (Lipinski definition) is 3. The molecule has 5 nitrogen and oxygen atoms in total. The van der Waals surface area contributed by atoms with E-state index in [1.165, 1.54) is 5.32 Å². The highest BCUT2D eigenvalue weighted by Gasteiger charge is 2.27. The van der Waals surface area contributed by atoms with E-state index in [0.717, 1.165) is 6.07 Å². The zero-order chi connectivity index (χ0) is 15.6. The molecule has 0 aliphatic carbocycles. The molecule has 0 atom stereocenters. The zero-order valence-corrected chi connectivity index (χ0v) is 9.27. The Morgan fingerprint density at radius 1 is 1.05 bits per heavy atom. The number of carbonyl (C=O) groups is 1. The summed E-state index contributed by atoms with van der Waals surface area (Å²) in [6, 6.07) is 1.09. The Labute approximate surface area is 107 Å². The minimum Gasteiger partial charge on any atom is -0.493 e. The van der Waals surface area contributed by atoms with E-state index >= 15 is 0 Å². The molecule has 0 saturated carbocycles. The summed E-state index contributed by atoms with van der Waals surface area (Å²) in [6.07, 6.45) is 0. The van der Waals surface area contributed by atoms with Crippen molar-refractivity contribution in [2.75, 3.05) is 5.32 Å². The molecular formula is C10H4F5N3O2. The highest BCUT2D eigenvalue weighted by molar-refractivity contribution is 5.96. The van der Waals surface area contributed by atoms with E-state index in [-0.39, 0.29) is 0 Å².